The van der Waals surface area contributed by atoms with Crippen molar-refractivity contribution in [2.45, 2.75) is 18.9 Å². The Labute approximate surface area is 93.9 Å². The van der Waals surface area contributed by atoms with E-state index in [1.165, 1.54) is 0 Å². The molecule has 1 rings (SSSR count). The van der Waals surface area contributed by atoms with Crippen molar-refractivity contribution < 1.29 is 19.4 Å². The predicted molar refractivity (Wildman–Crippen MR) is 57.7 cm³/mol. The highest BCUT2D eigenvalue weighted by Gasteiger charge is 2.32. The third-order valence-corrected chi connectivity index (χ3v) is 2.19. The molecule has 16 heavy (non-hydrogen) atoms. The van der Waals surface area contributed by atoms with Gasteiger partial charge in [-0.15, -0.1) is 0 Å². The summed E-state index contributed by atoms with van der Waals surface area (Å²) in [6.07, 6.45) is -0.00634. The van der Waals surface area contributed by atoms with Gasteiger partial charge in [-0.05, 0) is 12.5 Å². The SMILES string of the molecule is CCOC(=O)C[C@@](O)(C=O)c1ccccc1. The second-order valence-corrected chi connectivity index (χ2v) is 3.39. The summed E-state index contributed by atoms with van der Waals surface area (Å²) in [5.74, 6) is -0.596. The molecule has 0 saturated carbocycles. The minimum Gasteiger partial charge on any atom is -0.466 e. The van der Waals surface area contributed by atoms with Gasteiger partial charge in [0.05, 0.1) is 13.0 Å². The Morgan fingerprint density at radius 2 is 2.06 bits per heavy atom. The van der Waals surface area contributed by atoms with Crippen LogP contribution in [-0.4, -0.2) is 24.0 Å². The lowest BCUT2D eigenvalue weighted by atomic mass is 9.92. The monoisotopic (exact) mass is 222 g/mol. The number of ether oxygens (including phenoxy) is 1. The number of esters is 1. The molecule has 0 aliphatic rings. The van der Waals surface area contributed by atoms with Crippen molar-refractivity contribution in [3.05, 3.63) is 35.9 Å². The van der Waals surface area contributed by atoms with Crippen molar-refractivity contribution >= 4 is 12.3 Å². The van der Waals surface area contributed by atoms with Gasteiger partial charge in [-0.3, -0.25) is 9.59 Å². The van der Waals surface area contributed by atoms with E-state index in [4.69, 9.17) is 4.74 Å². The summed E-state index contributed by atoms with van der Waals surface area (Å²) in [5, 5.41) is 10.0. The van der Waals surface area contributed by atoms with Crippen molar-refractivity contribution in [3.63, 3.8) is 0 Å². The van der Waals surface area contributed by atoms with Gasteiger partial charge in [-0.1, -0.05) is 30.3 Å². The molecule has 1 aromatic rings. The first kappa shape index (κ1) is 12.4. The van der Waals surface area contributed by atoms with Crippen molar-refractivity contribution in [2.24, 2.45) is 0 Å². The number of carbonyl (C=O) groups is 2. The van der Waals surface area contributed by atoms with Crippen LogP contribution in [0.4, 0.5) is 0 Å². The normalized spacial score (nSPS) is 13.9. The molecule has 1 atom stereocenters. The minimum atomic E-state index is -1.80. The van der Waals surface area contributed by atoms with E-state index in [2.05, 4.69) is 0 Å². The maximum absolute atomic E-state index is 11.2. The smallest absolute Gasteiger partial charge is 0.309 e. The maximum atomic E-state index is 11.2. The molecule has 0 saturated heterocycles. The molecule has 0 aliphatic heterocycles. The Hall–Kier alpha value is -1.68. The number of hydrogen-bond donors (Lipinski definition) is 1. The predicted octanol–water partition coefficient (Wildman–Crippen LogP) is 1.03. The van der Waals surface area contributed by atoms with Gasteiger partial charge in [-0.2, -0.15) is 0 Å². The lowest BCUT2D eigenvalue weighted by molar-refractivity contribution is -0.151. The van der Waals surface area contributed by atoms with Crippen LogP contribution in [0.1, 0.15) is 18.9 Å². The summed E-state index contributed by atoms with van der Waals surface area (Å²) in [6, 6.07) is 8.32. The number of benzene rings is 1. The molecule has 0 aromatic heterocycles. The summed E-state index contributed by atoms with van der Waals surface area (Å²) < 4.78 is 4.70. The highest BCUT2D eigenvalue weighted by atomic mass is 16.5. The molecular weight excluding hydrogens is 208 g/mol. The van der Waals surface area contributed by atoms with Crippen LogP contribution in [0.25, 0.3) is 0 Å². The Morgan fingerprint density at radius 1 is 1.44 bits per heavy atom. The van der Waals surface area contributed by atoms with Crippen LogP contribution in [-0.2, 0) is 19.9 Å². The Balaban J connectivity index is 2.86. The van der Waals surface area contributed by atoms with Crippen molar-refractivity contribution in [1.29, 1.82) is 0 Å². The Morgan fingerprint density at radius 3 is 2.56 bits per heavy atom. The number of rotatable bonds is 5. The van der Waals surface area contributed by atoms with E-state index in [-0.39, 0.29) is 13.0 Å². The highest BCUT2D eigenvalue weighted by Crippen LogP contribution is 2.22. The fourth-order valence-electron chi connectivity index (χ4n) is 1.37. The maximum Gasteiger partial charge on any atom is 0.309 e. The number of aldehydes is 1. The van der Waals surface area contributed by atoms with E-state index in [0.717, 1.165) is 0 Å². The average molecular weight is 222 g/mol. The molecule has 1 N–H and O–H groups in total. The molecule has 0 aliphatic carbocycles. The van der Waals surface area contributed by atoms with Gasteiger partial charge in [0, 0.05) is 0 Å². The summed E-state index contributed by atoms with van der Waals surface area (Å²) in [5.41, 5.74) is -1.41. The van der Waals surface area contributed by atoms with Gasteiger partial charge < -0.3 is 9.84 Å². The van der Waals surface area contributed by atoms with Crippen molar-refractivity contribution in [3.8, 4) is 0 Å². The van der Waals surface area contributed by atoms with Crippen molar-refractivity contribution in [2.75, 3.05) is 6.61 Å². The third-order valence-electron chi connectivity index (χ3n) is 2.19. The van der Waals surface area contributed by atoms with Crippen LogP contribution in [0, 0.1) is 0 Å². The van der Waals surface area contributed by atoms with Crippen LogP contribution in [0.15, 0.2) is 30.3 Å². The van der Waals surface area contributed by atoms with Crippen LogP contribution in [0.3, 0.4) is 0 Å². The lowest BCUT2D eigenvalue weighted by Gasteiger charge is -2.20. The second-order valence-electron chi connectivity index (χ2n) is 3.39. The van der Waals surface area contributed by atoms with E-state index in [1.54, 1.807) is 37.3 Å². The third kappa shape index (κ3) is 2.90. The first-order valence-electron chi connectivity index (χ1n) is 5.02. The molecule has 4 heteroatoms. The number of hydrogen-bond acceptors (Lipinski definition) is 4. The van der Waals surface area contributed by atoms with Crippen LogP contribution < -0.4 is 0 Å². The first-order valence-corrected chi connectivity index (χ1v) is 5.02. The van der Waals surface area contributed by atoms with E-state index in [9.17, 15) is 14.7 Å². The number of carbonyl (C=O) groups excluding carboxylic acids is 2. The highest BCUT2D eigenvalue weighted by molar-refractivity contribution is 5.78. The van der Waals surface area contributed by atoms with Crippen LogP contribution in [0.2, 0.25) is 0 Å². The molecule has 1 aromatic carbocycles. The van der Waals surface area contributed by atoms with E-state index < -0.39 is 11.6 Å². The molecule has 0 unspecified atom stereocenters. The summed E-state index contributed by atoms with van der Waals surface area (Å²) >= 11 is 0. The number of aliphatic hydroxyl groups is 1. The zero-order valence-electron chi connectivity index (χ0n) is 9.05. The lowest BCUT2D eigenvalue weighted by Crippen LogP contribution is -2.31. The first-order chi connectivity index (χ1) is 7.62. The standard InChI is InChI=1S/C12H14O4/c1-2-16-11(14)8-12(15,9-13)10-6-4-3-5-7-10/h3-7,9,15H,2,8H2,1H3/t12-/m1/s1. The summed E-state index contributed by atoms with van der Waals surface area (Å²) in [7, 11) is 0. The average Bonchev–Trinajstić information content (AvgIpc) is 2.30. The summed E-state index contributed by atoms with van der Waals surface area (Å²) in [4.78, 5) is 22.2. The van der Waals surface area contributed by atoms with E-state index in [0.29, 0.717) is 11.8 Å². The zero-order valence-corrected chi connectivity index (χ0v) is 9.05. The second kappa shape index (κ2) is 5.42. The Kier molecular flexibility index (Phi) is 4.19. The molecule has 86 valence electrons. The van der Waals surface area contributed by atoms with Gasteiger partial charge in [0.25, 0.3) is 0 Å². The molecule has 0 heterocycles. The van der Waals surface area contributed by atoms with Crippen molar-refractivity contribution in [1.82, 2.24) is 0 Å². The summed E-state index contributed by atoms with van der Waals surface area (Å²) in [6.45, 7) is 1.89. The van der Waals surface area contributed by atoms with Crippen LogP contribution in [0.5, 0.6) is 0 Å². The molecule has 0 spiro atoms. The molecule has 0 bridgehead atoms. The molecule has 4 nitrogen and oxygen atoms in total. The molecule has 0 amide bonds. The van der Waals surface area contributed by atoms with Crippen LogP contribution >= 0.6 is 0 Å². The zero-order chi connectivity index (χ0) is 12.0. The van der Waals surface area contributed by atoms with E-state index in [1.807, 2.05) is 0 Å². The molecule has 0 radical (unpaired) electrons. The fourth-order valence-corrected chi connectivity index (χ4v) is 1.37. The Bertz CT molecular complexity index is 361. The van der Waals surface area contributed by atoms with Gasteiger partial charge in [0.1, 0.15) is 0 Å². The molecule has 0 fully saturated rings. The fraction of sp³-hybridized carbons (Fsp3) is 0.333. The van der Waals surface area contributed by atoms with Gasteiger partial charge in [0.15, 0.2) is 11.9 Å². The molecular formula is C12H14O4. The van der Waals surface area contributed by atoms with Gasteiger partial charge >= 0.3 is 5.97 Å². The van der Waals surface area contributed by atoms with Gasteiger partial charge in [-0.25, -0.2) is 0 Å². The quantitative estimate of drug-likeness (QED) is 0.597. The van der Waals surface area contributed by atoms with E-state index >= 15 is 0 Å². The van der Waals surface area contributed by atoms with Gasteiger partial charge in [0.2, 0.25) is 0 Å². The minimum absolute atomic E-state index is 0.225. The largest absolute Gasteiger partial charge is 0.466 e. The topological polar surface area (TPSA) is 63.6 Å².